The second-order valence-corrected chi connectivity index (χ2v) is 5.58. The largest absolute Gasteiger partial charge is 0.333 e. The van der Waals surface area contributed by atoms with E-state index in [0.29, 0.717) is 0 Å². The Morgan fingerprint density at radius 2 is 2.05 bits per heavy atom. The number of unbranched alkanes of at least 4 members (excludes halogenated alkanes) is 4. The lowest BCUT2D eigenvalue weighted by Crippen LogP contribution is -1.95. The van der Waals surface area contributed by atoms with Crippen LogP contribution in [0, 0.1) is 0 Å². The second-order valence-electron chi connectivity index (χ2n) is 5.58. The van der Waals surface area contributed by atoms with E-state index in [1.807, 2.05) is 18.2 Å². The fraction of sp³-hybridized carbons (Fsp3) is 0.389. The highest BCUT2D eigenvalue weighted by atomic mass is 16.1. The topological polar surface area (TPSA) is 22.0 Å². The van der Waals surface area contributed by atoms with Crippen LogP contribution < -0.4 is 0 Å². The van der Waals surface area contributed by atoms with Gasteiger partial charge in [0.25, 0.3) is 0 Å². The van der Waals surface area contributed by atoms with Gasteiger partial charge in [-0.3, -0.25) is 4.79 Å². The van der Waals surface area contributed by atoms with Crippen LogP contribution in [0.5, 0.6) is 0 Å². The van der Waals surface area contributed by atoms with Crippen molar-refractivity contribution in [1.29, 1.82) is 0 Å². The number of fused-ring (bicyclic) bond motifs is 3. The Hall–Kier alpha value is -1.83. The Labute approximate surface area is 120 Å². The summed E-state index contributed by atoms with van der Waals surface area (Å²) < 4.78 is 2.15. The van der Waals surface area contributed by atoms with E-state index in [-0.39, 0.29) is 5.78 Å². The summed E-state index contributed by atoms with van der Waals surface area (Å²) >= 11 is 0. The third kappa shape index (κ3) is 2.31. The van der Waals surface area contributed by atoms with Crippen LogP contribution in [0.1, 0.15) is 49.5 Å². The van der Waals surface area contributed by atoms with E-state index in [1.165, 1.54) is 31.2 Å². The molecule has 0 spiro atoms. The maximum Gasteiger partial charge on any atom is 0.206 e. The Morgan fingerprint density at radius 3 is 2.90 bits per heavy atom. The van der Waals surface area contributed by atoms with Crippen LogP contribution >= 0.6 is 0 Å². The molecule has 0 saturated heterocycles. The smallest absolute Gasteiger partial charge is 0.206 e. The predicted molar refractivity (Wildman–Crippen MR) is 83.1 cm³/mol. The van der Waals surface area contributed by atoms with Crippen LogP contribution in [-0.2, 0) is 6.54 Å². The quantitative estimate of drug-likeness (QED) is 0.567. The summed E-state index contributed by atoms with van der Waals surface area (Å²) in [6.07, 6.45) is 8.20. The Balaban J connectivity index is 1.75. The van der Waals surface area contributed by atoms with E-state index < -0.39 is 0 Å². The molecule has 0 N–H and O–H groups in total. The van der Waals surface area contributed by atoms with Gasteiger partial charge in [-0.05, 0) is 25.0 Å². The van der Waals surface area contributed by atoms with E-state index in [1.54, 1.807) is 0 Å². The van der Waals surface area contributed by atoms with Crippen LogP contribution in [0.15, 0.2) is 42.0 Å². The Bertz CT molecular complexity index is 663. The molecule has 20 heavy (non-hydrogen) atoms. The first-order valence-electron chi connectivity index (χ1n) is 7.63. The highest BCUT2D eigenvalue weighted by Crippen LogP contribution is 2.28. The first-order chi connectivity index (χ1) is 9.81. The molecule has 0 saturated carbocycles. The fourth-order valence-electron chi connectivity index (χ4n) is 2.98. The van der Waals surface area contributed by atoms with Crippen molar-refractivity contribution in [1.82, 2.24) is 4.57 Å². The van der Waals surface area contributed by atoms with Crippen LogP contribution in [0.3, 0.4) is 0 Å². The summed E-state index contributed by atoms with van der Waals surface area (Å²) in [7, 11) is 0. The summed E-state index contributed by atoms with van der Waals surface area (Å²) in [6, 6.07) is 10.2. The number of allylic oxidation sites excluding steroid dienone is 2. The number of rotatable bonds is 5. The lowest BCUT2D eigenvalue weighted by molar-refractivity contribution is 0.103. The number of para-hydroxylation sites is 1. The second kappa shape index (κ2) is 5.66. The van der Waals surface area contributed by atoms with Crippen LogP contribution in [-0.4, -0.2) is 10.4 Å². The number of Topliss-reactive ketones (excluding diaryl/α,β-unsaturated/α-hetero) is 1. The molecule has 104 valence electrons. The molecule has 1 aromatic carbocycles. The van der Waals surface area contributed by atoms with E-state index in [2.05, 4.69) is 29.7 Å². The van der Waals surface area contributed by atoms with Crippen molar-refractivity contribution in [2.24, 2.45) is 0 Å². The standard InChI is InChI=1S/C18H21NO/c1-2-3-4-5-6-10-15-13-19-16-11-8-7-9-14(16)12-17(19)18(15)20/h7-12H,2-6,13H2,1H3. The van der Waals surface area contributed by atoms with Gasteiger partial charge in [-0.15, -0.1) is 0 Å². The Morgan fingerprint density at radius 1 is 1.20 bits per heavy atom. The number of aromatic nitrogens is 1. The number of ketones is 1. The van der Waals surface area contributed by atoms with Crippen molar-refractivity contribution in [2.45, 2.75) is 45.6 Å². The number of nitrogens with zero attached hydrogens (tertiary/aromatic N) is 1. The van der Waals surface area contributed by atoms with Crippen molar-refractivity contribution < 1.29 is 4.79 Å². The summed E-state index contributed by atoms with van der Waals surface area (Å²) in [5.74, 6) is 0.219. The Kier molecular flexibility index (Phi) is 3.72. The minimum absolute atomic E-state index is 0.219. The summed E-state index contributed by atoms with van der Waals surface area (Å²) in [6.45, 7) is 2.97. The van der Waals surface area contributed by atoms with E-state index >= 15 is 0 Å². The molecule has 0 radical (unpaired) electrons. The molecule has 0 unspecified atom stereocenters. The first-order valence-corrected chi connectivity index (χ1v) is 7.63. The zero-order valence-corrected chi connectivity index (χ0v) is 12.1. The van der Waals surface area contributed by atoms with Crippen molar-refractivity contribution in [3.05, 3.63) is 47.7 Å². The van der Waals surface area contributed by atoms with E-state index in [4.69, 9.17) is 0 Å². The molecule has 0 amide bonds. The molecule has 2 nitrogen and oxygen atoms in total. The average Bonchev–Trinajstić information content (AvgIpc) is 2.97. The normalized spacial score (nSPS) is 16.2. The molecule has 1 aliphatic rings. The predicted octanol–water partition coefficient (Wildman–Crippen LogP) is 4.73. The van der Waals surface area contributed by atoms with Crippen molar-refractivity contribution in [3.8, 4) is 0 Å². The third-order valence-corrected chi connectivity index (χ3v) is 4.11. The minimum Gasteiger partial charge on any atom is -0.333 e. The summed E-state index contributed by atoms with van der Waals surface area (Å²) in [4.78, 5) is 12.4. The highest BCUT2D eigenvalue weighted by Gasteiger charge is 2.26. The van der Waals surface area contributed by atoms with E-state index in [9.17, 15) is 4.79 Å². The fourth-order valence-corrected chi connectivity index (χ4v) is 2.98. The van der Waals surface area contributed by atoms with Gasteiger partial charge in [0.05, 0.1) is 12.2 Å². The number of carbonyl (C=O) groups is 1. The molecule has 0 aliphatic carbocycles. The van der Waals surface area contributed by atoms with Gasteiger partial charge in [-0.2, -0.15) is 0 Å². The molecule has 1 aliphatic heterocycles. The molecular weight excluding hydrogens is 246 g/mol. The highest BCUT2D eigenvalue weighted by molar-refractivity contribution is 6.12. The monoisotopic (exact) mass is 267 g/mol. The molecule has 2 aromatic rings. The lowest BCUT2D eigenvalue weighted by atomic mass is 10.1. The maximum absolute atomic E-state index is 12.4. The third-order valence-electron chi connectivity index (χ3n) is 4.11. The molecule has 1 aromatic heterocycles. The van der Waals surface area contributed by atoms with Crippen LogP contribution in [0.2, 0.25) is 0 Å². The van der Waals surface area contributed by atoms with Gasteiger partial charge in [-0.25, -0.2) is 0 Å². The van der Waals surface area contributed by atoms with Crippen LogP contribution in [0.25, 0.3) is 10.9 Å². The van der Waals surface area contributed by atoms with Gasteiger partial charge in [-0.1, -0.05) is 50.5 Å². The van der Waals surface area contributed by atoms with Gasteiger partial charge >= 0.3 is 0 Å². The van der Waals surface area contributed by atoms with Gasteiger partial charge in [0.15, 0.2) is 0 Å². The SMILES string of the molecule is CCCCCCC=C1Cn2c(cc3ccccc32)C1=O. The molecule has 2 heterocycles. The van der Waals surface area contributed by atoms with Crippen molar-refractivity contribution in [3.63, 3.8) is 0 Å². The first kappa shape index (κ1) is 13.2. The number of hydrogen-bond donors (Lipinski definition) is 0. The molecule has 0 fully saturated rings. The number of carbonyl (C=O) groups excluding carboxylic acids is 1. The summed E-state index contributed by atoms with van der Waals surface area (Å²) in [5, 5.41) is 1.16. The number of hydrogen-bond acceptors (Lipinski definition) is 1. The minimum atomic E-state index is 0.219. The molecule has 0 atom stereocenters. The summed E-state index contributed by atoms with van der Waals surface area (Å²) in [5.41, 5.74) is 3.00. The van der Waals surface area contributed by atoms with Gasteiger partial charge < -0.3 is 4.57 Å². The van der Waals surface area contributed by atoms with Crippen molar-refractivity contribution in [2.75, 3.05) is 0 Å². The molecule has 3 rings (SSSR count). The van der Waals surface area contributed by atoms with Gasteiger partial charge in [0, 0.05) is 16.5 Å². The van der Waals surface area contributed by atoms with Crippen molar-refractivity contribution >= 4 is 16.7 Å². The maximum atomic E-state index is 12.4. The van der Waals surface area contributed by atoms with E-state index in [0.717, 1.165) is 29.6 Å². The van der Waals surface area contributed by atoms with Gasteiger partial charge in [0.2, 0.25) is 5.78 Å². The molecule has 0 bridgehead atoms. The lowest BCUT2D eigenvalue weighted by Gasteiger charge is -2.00. The zero-order chi connectivity index (χ0) is 13.9. The average molecular weight is 267 g/mol. The zero-order valence-electron chi connectivity index (χ0n) is 12.1. The van der Waals surface area contributed by atoms with Crippen LogP contribution in [0.4, 0.5) is 0 Å². The number of benzene rings is 1. The van der Waals surface area contributed by atoms with Gasteiger partial charge in [0.1, 0.15) is 0 Å². The molecule has 2 heteroatoms. The molecular formula is C18H21NO.